The number of halogens is 1. The maximum Gasteiger partial charge on any atom is 0.363 e. The van der Waals surface area contributed by atoms with Crippen molar-refractivity contribution in [2.75, 3.05) is 10.6 Å². The number of anilines is 2. The van der Waals surface area contributed by atoms with Crippen molar-refractivity contribution >= 4 is 27.6 Å². The van der Waals surface area contributed by atoms with E-state index in [0.717, 1.165) is 24.3 Å². The lowest BCUT2D eigenvalue weighted by atomic mass is 10.3. The Morgan fingerprint density at radius 3 is 2.32 bits per heavy atom. The first-order chi connectivity index (χ1) is 13.3. The Kier molecular flexibility index (Phi) is 5.09. The van der Waals surface area contributed by atoms with Gasteiger partial charge < -0.3 is 10.4 Å². The Labute approximate surface area is 158 Å². The Morgan fingerprint density at radius 1 is 1.04 bits per heavy atom. The molecule has 0 fully saturated rings. The van der Waals surface area contributed by atoms with Gasteiger partial charge in [-0.3, -0.25) is 5.32 Å². The minimum absolute atomic E-state index is 0.106. The molecule has 3 rings (SSSR count). The minimum Gasteiger partial charge on any atom is -0.508 e. The Balaban J connectivity index is 1.88. The average Bonchev–Trinajstić information content (AvgIpc) is 2.65. The largest absolute Gasteiger partial charge is 0.508 e. The molecule has 0 saturated carbocycles. The molecule has 28 heavy (non-hydrogen) atoms. The summed E-state index contributed by atoms with van der Waals surface area (Å²) in [5.41, 5.74) is -0.895. The van der Waals surface area contributed by atoms with Crippen molar-refractivity contribution < 1.29 is 22.7 Å². The van der Waals surface area contributed by atoms with Gasteiger partial charge in [-0.1, -0.05) is 18.2 Å². The molecular formula is C17H13FN4O5S. The molecule has 0 atom stereocenters. The number of rotatable bonds is 4. The number of carbonyl (C=O) groups excluding carboxylic acids is 1. The van der Waals surface area contributed by atoms with E-state index in [1.165, 1.54) is 0 Å². The molecule has 11 heteroatoms. The number of benzene rings is 2. The van der Waals surface area contributed by atoms with Gasteiger partial charge in [0.05, 0.1) is 11.1 Å². The van der Waals surface area contributed by atoms with E-state index in [2.05, 4.69) is 10.3 Å². The highest BCUT2D eigenvalue weighted by Crippen LogP contribution is 2.17. The predicted molar refractivity (Wildman–Crippen MR) is 98.2 cm³/mol. The van der Waals surface area contributed by atoms with Gasteiger partial charge in [0, 0.05) is 5.69 Å². The van der Waals surface area contributed by atoms with E-state index in [1.807, 2.05) is 5.32 Å². The van der Waals surface area contributed by atoms with Gasteiger partial charge in [-0.2, -0.15) is 8.96 Å². The van der Waals surface area contributed by atoms with E-state index in [-0.39, 0.29) is 14.6 Å². The van der Waals surface area contributed by atoms with Crippen LogP contribution in [0.2, 0.25) is 0 Å². The lowest BCUT2D eigenvalue weighted by Gasteiger charge is -2.10. The van der Waals surface area contributed by atoms with Crippen molar-refractivity contribution in [2.24, 2.45) is 0 Å². The first kappa shape index (κ1) is 19.0. The van der Waals surface area contributed by atoms with Crippen LogP contribution in [0.25, 0.3) is 0 Å². The molecule has 0 aliphatic heterocycles. The number of phenolic OH excluding ortho intramolecular Hbond substituents is 1. The molecular weight excluding hydrogens is 391 g/mol. The molecule has 3 aromatic rings. The zero-order valence-electron chi connectivity index (χ0n) is 14.0. The summed E-state index contributed by atoms with van der Waals surface area (Å²) in [5, 5.41) is 13.7. The summed E-state index contributed by atoms with van der Waals surface area (Å²) in [4.78, 5) is 26.9. The number of para-hydroxylation sites is 1. The summed E-state index contributed by atoms with van der Waals surface area (Å²) in [7, 11) is -4.44. The van der Waals surface area contributed by atoms with Gasteiger partial charge in [-0.05, 0) is 36.4 Å². The fourth-order valence-electron chi connectivity index (χ4n) is 2.20. The molecule has 0 bridgehead atoms. The van der Waals surface area contributed by atoms with Crippen LogP contribution in [0.4, 0.5) is 20.7 Å². The number of nitrogens with zero attached hydrogens (tertiary/aromatic N) is 2. The molecule has 0 unspecified atom stereocenters. The van der Waals surface area contributed by atoms with Crippen LogP contribution in [0.1, 0.15) is 0 Å². The maximum atomic E-state index is 14.3. The van der Waals surface area contributed by atoms with Crippen molar-refractivity contribution in [3.8, 4) is 5.75 Å². The summed E-state index contributed by atoms with van der Waals surface area (Å²) in [6.45, 7) is 0. The van der Waals surface area contributed by atoms with Gasteiger partial charge >= 0.3 is 11.7 Å². The van der Waals surface area contributed by atoms with Crippen molar-refractivity contribution in [1.29, 1.82) is 0 Å². The van der Waals surface area contributed by atoms with Crippen LogP contribution >= 0.6 is 0 Å². The predicted octanol–water partition coefficient (Wildman–Crippen LogP) is 1.97. The normalized spacial score (nSPS) is 11.0. The summed E-state index contributed by atoms with van der Waals surface area (Å²) < 4.78 is 39.3. The number of phenols is 1. The van der Waals surface area contributed by atoms with Crippen LogP contribution in [-0.4, -0.2) is 28.5 Å². The number of aromatic nitrogens is 2. The minimum atomic E-state index is -4.44. The van der Waals surface area contributed by atoms with Crippen LogP contribution < -0.4 is 16.3 Å². The van der Waals surface area contributed by atoms with Crippen molar-refractivity contribution in [2.45, 2.75) is 4.90 Å². The molecule has 144 valence electrons. The monoisotopic (exact) mass is 404 g/mol. The van der Waals surface area contributed by atoms with Crippen molar-refractivity contribution in [3.63, 3.8) is 0 Å². The molecule has 3 N–H and O–H groups in total. The number of urea groups is 1. The molecule has 1 heterocycles. The van der Waals surface area contributed by atoms with Crippen molar-refractivity contribution in [3.05, 3.63) is 77.1 Å². The van der Waals surface area contributed by atoms with E-state index in [0.29, 0.717) is 11.9 Å². The van der Waals surface area contributed by atoms with Gasteiger partial charge in [0.25, 0.3) is 10.0 Å². The highest BCUT2D eigenvalue weighted by molar-refractivity contribution is 7.90. The highest BCUT2D eigenvalue weighted by atomic mass is 32.2. The first-order valence-electron chi connectivity index (χ1n) is 7.74. The van der Waals surface area contributed by atoms with E-state index < -0.39 is 33.4 Å². The number of carbonyl (C=O) groups is 1. The third-order valence-corrected chi connectivity index (χ3v) is 5.16. The van der Waals surface area contributed by atoms with Gasteiger partial charge in [-0.15, -0.1) is 0 Å². The fraction of sp³-hybridized carbons (Fsp3) is 0. The number of hydrogen-bond acceptors (Lipinski definition) is 6. The van der Waals surface area contributed by atoms with Gasteiger partial charge in [0.2, 0.25) is 0 Å². The van der Waals surface area contributed by atoms with Crippen LogP contribution in [-0.2, 0) is 10.0 Å². The third-order valence-electron chi connectivity index (χ3n) is 3.51. The van der Waals surface area contributed by atoms with E-state index in [4.69, 9.17) is 0 Å². The van der Waals surface area contributed by atoms with Gasteiger partial charge in [0.15, 0.2) is 11.6 Å². The molecule has 0 spiro atoms. The number of hydrogen-bond donors (Lipinski definition) is 3. The first-order valence-corrected chi connectivity index (χ1v) is 9.18. The lowest BCUT2D eigenvalue weighted by Crippen LogP contribution is -2.32. The van der Waals surface area contributed by atoms with E-state index in [9.17, 15) is 27.5 Å². The second kappa shape index (κ2) is 7.48. The van der Waals surface area contributed by atoms with Gasteiger partial charge in [0.1, 0.15) is 5.75 Å². The Bertz CT molecular complexity index is 1180. The topological polar surface area (TPSA) is 130 Å². The zero-order chi connectivity index (χ0) is 20.3. The van der Waals surface area contributed by atoms with E-state index >= 15 is 0 Å². The lowest BCUT2D eigenvalue weighted by molar-refractivity contribution is 0.262. The summed E-state index contributed by atoms with van der Waals surface area (Å²) in [5.74, 6) is -2.14. The molecule has 0 saturated heterocycles. The Morgan fingerprint density at radius 2 is 1.68 bits per heavy atom. The standard InChI is InChI=1S/C17H13FN4O5S/c18-14-10-22(28(26,27)13-8-6-12(23)7-9-13)17(25)21-15(14)20-16(24)19-11-4-2-1-3-5-11/h1-10,23H,(H2,19,20,21,24,25). The highest BCUT2D eigenvalue weighted by Gasteiger charge is 2.22. The Hall–Kier alpha value is -3.73. The van der Waals surface area contributed by atoms with Crippen LogP contribution in [0.3, 0.4) is 0 Å². The van der Waals surface area contributed by atoms with Crippen molar-refractivity contribution in [1.82, 2.24) is 8.96 Å². The maximum absolute atomic E-state index is 14.3. The quantitative estimate of drug-likeness (QED) is 0.609. The van der Waals surface area contributed by atoms with Crippen LogP contribution in [0.15, 0.2) is 70.5 Å². The molecule has 2 amide bonds. The number of nitrogens with one attached hydrogen (secondary N) is 2. The van der Waals surface area contributed by atoms with Crippen LogP contribution in [0, 0.1) is 5.82 Å². The summed E-state index contributed by atoms with van der Waals surface area (Å²) in [6.07, 6.45) is 0.412. The second-order valence-corrected chi connectivity index (χ2v) is 7.27. The third kappa shape index (κ3) is 3.99. The molecule has 0 aliphatic carbocycles. The summed E-state index contributed by atoms with van der Waals surface area (Å²) >= 11 is 0. The second-order valence-electron chi connectivity index (χ2n) is 5.46. The molecule has 2 aromatic carbocycles. The van der Waals surface area contributed by atoms with Gasteiger partial charge in [-0.25, -0.2) is 22.4 Å². The molecule has 9 nitrogen and oxygen atoms in total. The fourth-order valence-corrected chi connectivity index (χ4v) is 3.39. The summed E-state index contributed by atoms with van der Waals surface area (Å²) in [6, 6.07) is 11.7. The number of aromatic hydroxyl groups is 1. The SMILES string of the molecule is O=C(Nc1ccccc1)Nc1nc(=O)n(S(=O)(=O)c2ccc(O)cc2)cc1F. The van der Waals surface area contributed by atoms with E-state index in [1.54, 1.807) is 30.3 Å². The average molecular weight is 404 g/mol. The van der Waals surface area contributed by atoms with Crippen LogP contribution in [0.5, 0.6) is 5.75 Å². The molecule has 0 aliphatic rings. The smallest absolute Gasteiger partial charge is 0.363 e. The number of amides is 2. The molecule has 0 radical (unpaired) electrons. The zero-order valence-corrected chi connectivity index (χ0v) is 14.9. The molecule has 1 aromatic heterocycles.